The Morgan fingerprint density at radius 1 is 0.457 bits per heavy atom. The zero-order valence-corrected chi connectivity index (χ0v) is 27.7. The van der Waals surface area contributed by atoms with Crippen molar-refractivity contribution in [1.82, 2.24) is 29.1 Å². The number of hydrogen-bond donors (Lipinski definition) is 0. The minimum atomic E-state index is 0.856. The first-order valence-electron chi connectivity index (χ1n) is 17.6. The Bertz CT molecular complexity index is 1680. The maximum atomic E-state index is 5.02. The number of rotatable bonds is 17. The minimum absolute atomic E-state index is 0.856. The fraction of sp³-hybridized carbons (Fsp3) is 0.400. The summed E-state index contributed by atoms with van der Waals surface area (Å²) in [5.41, 5.74) is 8.23. The maximum Gasteiger partial charge on any atom is 0.142 e. The third-order valence-corrected chi connectivity index (χ3v) is 9.09. The van der Waals surface area contributed by atoms with Crippen molar-refractivity contribution in [2.75, 3.05) is 0 Å². The van der Waals surface area contributed by atoms with Crippen molar-refractivity contribution in [3.05, 3.63) is 85.2 Å². The molecule has 6 aromatic rings. The number of aryl methyl sites for hydroxylation is 2. The quantitative estimate of drug-likeness (QED) is 0.0961. The molecule has 6 heteroatoms. The fourth-order valence-corrected chi connectivity index (χ4v) is 6.50. The predicted molar refractivity (Wildman–Crippen MR) is 192 cm³/mol. The Morgan fingerprint density at radius 3 is 1.28 bits per heavy atom. The molecule has 0 saturated heterocycles. The molecule has 0 amide bonds. The number of unbranched alkanes of at least 4 members (excludes halogenated alkanes) is 10. The zero-order chi connectivity index (χ0) is 31.6. The highest BCUT2D eigenvalue weighted by atomic mass is 15.1. The zero-order valence-electron chi connectivity index (χ0n) is 27.7. The molecule has 0 bridgehead atoms. The van der Waals surface area contributed by atoms with E-state index in [-0.39, 0.29) is 0 Å². The predicted octanol–water partition coefficient (Wildman–Crippen LogP) is 10.9. The molecule has 0 atom stereocenters. The van der Waals surface area contributed by atoms with Gasteiger partial charge in [0, 0.05) is 36.6 Å². The van der Waals surface area contributed by atoms with Gasteiger partial charge < -0.3 is 9.13 Å². The van der Waals surface area contributed by atoms with E-state index in [4.69, 9.17) is 19.9 Å². The summed E-state index contributed by atoms with van der Waals surface area (Å²) in [5, 5.41) is 0. The molecule has 238 valence electrons. The van der Waals surface area contributed by atoms with Crippen LogP contribution in [0.5, 0.6) is 0 Å². The van der Waals surface area contributed by atoms with Crippen LogP contribution in [-0.2, 0) is 13.1 Å². The van der Waals surface area contributed by atoms with E-state index in [1.165, 1.54) is 75.2 Å². The van der Waals surface area contributed by atoms with Crippen LogP contribution in [0.1, 0.15) is 90.9 Å². The van der Waals surface area contributed by atoms with Gasteiger partial charge in [-0.05, 0) is 61.4 Å². The van der Waals surface area contributed by atoms with Crippen LogP contribution < -0.4 is 0 Å². The molecule has 0 N–H and O–H groups in total. The van der Waals surface area contributed by atoms with E-state index in [1.54, 1.807) is 0 Å². The molecular formula is C40H48N6. The van der Waals surface area contributed by atoms with E-state index >= 15 is 0 Å². The highest BCUT2D eigenvalue weighted by Crippen LogP contribution is 2.29. The molecule has 4 heterocycles. The van der Waals surface area contributed by atoms with Crippen LogP contribution in [0.3, 0.4) is 0 Å². The molecule has 2 aromatic carbocycles. The van der Waals surface area contributed by atoms with E-state index in [9.17, 15) is 0 Å². The van der Waals surface area contributed by atoms with Gasteiger partial charge in [0.25, 0.3) is 0 Å². The topological polar surface area (TPSA) is 61.4 Å². The molecule has 46 heavy (non-hydrogen) atoms. The molecule has 0 aliphatic heterocycles. The summed E-state index contributed by atoms with van der Waals surface area (Å²) in [6.07, 6.45) is 19.2. The number of fused-ring (bicyclic) bond motifs is 2. The summed E-state index contributed by atoms with van der Waals surface area (Å²) in [5.74, 6) is 1.97. The largest absolute Gasteiger partial charge is 0.324 e. The third kappa shape index (κ3) is 7.38. The number of imidazole rings is 2. The second kappa shape index (κ2) is 15.8. The summed E-state index contributed by atoms with van der Waals surface area (Å²) in [7, 11) is 0. The van der Waals surface area contributed by atoms with Crippen molar-refractivity contribution < 1.29 is 0 Å². The molecule has 0 saturated carbocycles. The lowest BCUT2D eigenvalue weighted by Gasteiger charge is -2.11. The minimum Gasteiger partial charge on any atom is -0.324 e. The number of hydrogen-bond acceptors (Lipinski definition) is 4. The van der Waals surface area contributed by atoms with Crippen LogP contribution in [0.4, 0.5) is 0 Å². The van der Waals surface area contributed by atoms with Gasteiger partial charge in [0.15, 0.2) is 0 Å². The summed E-state index contributed by atoms with van der Waals surface area (Å²) in [6, 6.07) is 25.3. The van der Waals surface area contributed by atoms with E-state index in [0.29, 0.717) is 0 Å². The van der Waals surface area contributed by atoms with Crippen molar-refractivity contribution in [1.29, 1.82) is 0 Å². The average Bonchev–Trinajstić information content (AvgIpc) is 3.66. The SMILES string of the molecule is CCCCCCCCn1c(-c2ccc(-c3ccc(-c4nc5ccccc5n4CCCCCCCC)cn3)nc2)nc2ccccc21. The van der Waals surface area contributed by atoms with Crippen LogP contribution in [0.15, 0.2) is 85.2 Å². The van der Waals surface area contributed by atoms with Crippen LogP contribution >= 0.6 is 0 Å². The Balaban J connectivity index is 1.19. The molecule has 0 spiro atoms. The van der Waals surface area contributed by atoms with Crippen LogP contribution in [-0.4, -0.2) is 29.1 Å². The Morgan fingerprint density at radius 2 is 0.870 bits per heavy atom. The Kier molecular flexibility index (Phi) is 10.9. The van der Waals surface area contributed by atoms with Gasteiger partial charge in [-0.15, -0.1) is 0 Å². The van der Waals surface area contributed by atoms with Crippen molar-refractivity contribution in [2.45, 2.75) is 104 Å². The first-order valence-corrected chi connectivity index (χ1v) is 17.6. The normalized spacial score (nSPS) is 11.6. The number of aromatic nitrogens is 6. The average molecular weight is 613 g/mol. The van der Waals surface area contributed by atoms with E-state index in [2.05, 4.69) is 95.8 Å². The molecule has 0 aliphatic carbocycles. The highest BCUT2D eigenvalue weighted by molar-refractivity contribution is 5.82. The number of pyridine rings is 2. The van der Waals surface area contributed by atoms with Crippen LogP contribution in [0.2, 0.25) is 0 Å². The molecule has 4 aromatic heterocycles. The number of para-hydroxylation sites is 4. The van der Waals surface area contributed by atoms with Gasteiger partial charge in [-0.2, -0.15) is 0 Å². The van der Waals surface area contributed by atoms with Gasteiger partial charge in [-0.25, -0.2) is 9.97 Å². The smallest absolute Gasteiger partial charge is 0.142 e. The van der Waals surface area contributed by atoms with Gasteiger partial charge >= 0.3 is 0 Å². The monoisotopic (exact) mass is 612 g/mol. The summed E-state index contributed by atoms with van der Waals surface area (Å²) >= 11 is 0. The first kappa shape index (κ1) is 31.7. The van der Waals surface area contributed by atoms with Crippen LogP contribution in [0.25, 0.3) is 56.2 Å². The van der Waals surface area contributed by atoms with Crippen molar-refractivity contribution in [3.8, 4) is 34.2 Å². The molecule has 0 aliphatic rings. The second-order valence-corrected chi connectivity index (χ2v) is 12.6. The van der Waals surface area contributed by atoms with Gasteiger partial charge in [0.2, 0.25) is 0 Å². The Hall–Kier alpha value is -4.32. The van der Waals surface area contributed by atoms with E-state index in [0.717, 1.165) is 71.1 Å². The molecular weight excluding hydrogens is 564 g/mol. The molecule has 0 unspecified atom stereocenters. The Labute approximate surface area is 274 Å². The van der Waals surface area contributed by atoms with E-state index in [1.807, 2.05) is 12.4 Å². The van der Waals surface area contributed by atoms with Gasteiger partial charge in [-0.1, -0.05) is 102 Å². The van der Waals surface area contributed by atoms with E-state index < -0.39 is 0 Å². The fourth-order valence-electron chi connectivity index (χ4n) is 6.50. The third-order valence-electron chi connectivity index (χ3n) is 9.09. The lowest BCUT2D eigenvalue weighted by Crippen LogP contribution is -2.02. The van der Waals surface area contributed by atoms with Gasteiger partial charge in [0.05, 0.1) is 33.5 Å². The van der Waals surface area contributed by atoms with Crippen molar-refractivity contribution in [2.24, 2.45) is 0 Å². The highest BCUT2D eigenvalue weighted by Gasteiger charge is 2.15. The molecule has 6 rings (SSSR count). The summed E-state index contributed by atoms with van der Waals surface area (Å²) in [6.45, 7) is 6.47. The maximum absolute atomic E-state index is 5.02. The lowest BCUT2D eigenvalue weighted by atomic mass is 10.1. The molecule has 6 nitrogen and oxygen atoms in total. The lowest BCUT2D eigenvalue weighted by molar-refractivity contribution is 0.566. The van der Waals surface area contributed by atoms with Crippen LogP contribution in [0, 0.1) is 0 Å². The first-order chi connectivity index (χ1) is 22.8. The number of benzene rings is 2. The molecule has 0 radical (unpaired) electrons. The summed E-state index contributed by atoms with van der Waals surface area (Å²) in [4.78, 5) is 19.8. The van der Waals surface area contributed by atoms with Gasteiger partial charge in [-0.3, -0.25) is 9.97 Å². The standard InChI is InChI=1S/C40H48N6/c1-3-5-7-9-11-17-27-45-37-21-15-13-19-35(37)43-39(45)31-23-25-33(41-29-31)34-26-24-32(30-42-34)40-44-36-20-14-16-22-38(36)46(40)28-18-12-10-8-6-4-2/h13-16,19-26,29-30H,3-12,17-18,27-28H2,1-2H3. The van der Waals surface area contributed by atoms with Crippen molar-refractivity contribution in [3.63, 3.8) is 0 Å². The molecule has 0 fully saturated rings. The summed E-state index contributed by atoms with van der Waals surface area (Å²) < 4.78 is 4.74. The number of nitrogens with zero attached hydrogens (tertiary/aromatic N) is 6. The van der Waals surface area contributed by atoms with Crippen molar-refractivity contribution >= 4 is 22.1 Å². The second-order valence-electron chi connectivity index (χ2n) is 12.6. The van der Waals surface area contributed by atoms with Gasteiger partial charge in [0.1, 0.15) is 11.6 Å².